The summed E-state index contributed by atoms with van der Waals surface area (Å²) < 4.78 is 0. The second-order valence-corrected chi connectivity index (χ2v) is 5.05. The quantitative estimate of drug-likeness (QED) is 0.862. The van der Waals surface area contributed by atoms with Gasteiger partial charge in [-0.1, -0.05) is 60.7 Å². The number of rotatable bonds is 3. The zero-order valence-electron chi connectivity index (χ0n) is 10.5. The maximum absolute atomic E-state index is 3.49. The molecular weight excluding hydrogens is 218 g/mol. The van der Waals surface area contributed by atoms with Gasteiger partial charge >= 0.3 is 0 Å². The maximum atomic E-state index is 3.49. The lowest BCUT2D eigenvalue weighted by Crippen LogP contribution is -2.17. The topological polar surface area (TPSA) is 12.0 Å². The average molecular weight is 237 g/mol. The SMILES string of the molecule is c1ccc(C(c2ccccc2)C2CCNC2)cc1. The molecule has 0 aromatic heterocycles. The number of hydrogen-bond donors (Lipinski definition) is 1. The number of benzene rings is 2. The van der Waals surface area contributed by atoms with Gasteiger partial charge in [0.1, 0.15) is 0 Å². The standard InChI is InChI=1S/C17H19N/c1-3-7-14(8-4-1)17(16-11-12-18-13-16)15-9-5-2-6-10-15/h1-10,16-18H,11-13H2. The summed E-state index contributed by atoms with van der Waals surface area (Å²) in [5.74, 6) is 1.25. The fourth-order valence-electron chi connectivity index (χ4n) is 3.02. The largest absolute Gasteiger partial charge is 0.316 e. The molecule has 0 radical (unpaired) electrons. The minimum absolute atomic E-state index is 0.530. The highest BCUT2D eigenvalue weighted by molar-refractivity contribution is 5.33. The fourth-order valence-corrected chi connectivity index (χ4v) is 3.02. The fraction of sp³-hybridized carbons (Fsp3) is 0.294. The van der Waals surface area contributed by atoms with Gasteiger partial charge in [-0.25, -0.2) is 0 Å². The first-order valence-electron chi connectivity index (χ1n) is 6.76. The van der Waals surface area contributed by atoms with Crippen LogP contribution < -0.4 is 5.32 Å². The van der Waals surface area contributed by atoms with Gasteiger partial charge in [0.25, 0.3) is 0 Å². The minimum Gasteiger partial charge on any atom is -0.316 e. The van der Waals surface area contributed by atoms with E-state index in [1.807, 2.05) is 0 Å². The zero-order chi connectivity index (χ0) is 12.2. The Morgan fingerprint density at radius 1 is 0.833 bits per heavy atom. The molecular formula is C17H19N. The van der Waals surface area contributed by atoms with Gasteiger partial charge in [-0.05, 0) is 36.6 Å². The van der Waals surface area contributed by atoms with E-state index in [1.54, 1.807) is 0 Å². The zero-order valence-corrected chi connectivity index (χ0v) is 10.5. The van der Waals surface area contributed by atoms with E-state index in [-0.39, 0.29) is 0 Å². The molecule has 0 amide bonds. The van der Waals surface area contributed by atoms with Crippen molar-refractivity contribution in [3.05, 3.63) is 71.8 Å². The Morgan fingerprint density at radius 3 is 1.83 bits per heavy atom. The van der Waals surface area contributed by atoms with E-state index in [1.165, 1.54) is 17.5 Å². The van der Waals surface area contributed by atoms with Crippen molar-refractivity contribution in [1.82, 2.24) is 5.32 Å². The predicted molar refractivity (Wildman–Crippen MR) is 75.7 cm³/mol. The summed E-state index contributed by atoms with van der Waals surface area (Å²) in [5, 5.41) is 3.49. The first-order chi connectivity index (χ1) is 8.95. The first kappa shape index (κ1) is 11.5. The molecule has 0 spiro atoms. The van der Waals surface area contributed by atoms with Crippen molar-refractivity contribution in [3.63, 3.8) is 0 Å². The summed E-state index contributed by atoms with van der Waals surface area (Å²) in [6, 6.07) is 21.8. The molecule has 0 aliphatic carbocycles. The van der Waals surface area contributed by atoms with Crippen LogP contribution in [0.5, 0.6) is 0 Å². The molecule has 1 nitrogen and oxygen atoms in total. The third kappa shape index (κ3) is 2.32. The summed E-state index contributed by atoms with van der Waals surface area (Å²) in [4.78, 5) is 0. The molecule has 1 saturated heterocycles. The van der Waals surface area contributed by atoms with Crippen LogP contribution in [0.4, 0.5) is 0 Å². The molecule has 2 aromatic carbocycles. The molecule has 1 heterocycles. The second kappa shape index (κ2) is 5.36. The van der Waals surface area contributed by atoms with Gasteiger partial charge < -0.3 is 5.32 Å². The Kier molecular flexibility index (Phi) is 3.42. The predicted octanol–water partition coefficient (Wildman–Crippen LogP) is 3.43. The smallest absolute Gasteiger partial charge is 0.0130 e. The van der Waals surface area contributed by atoms with Crippen LogP contribution >= 0.6 is 0 Å². The third-order valence-corrected chi connectivity index (χ3v) is 3.89. The molecule has 0 bridgehead atoms. The Bertz CT molecular complexity index is 432. The van der Waals surface area contributed by atoms with E-state index in [2.05, 4.69) is 66.0 Å². The van der Waals surface area contributed by atoms with Crippen molar-refractivity contribution in [3.8, 4) is 0 Å². The van der Waals surface area contributed by atoms with Crippen molar-refractivity contribution < 1.29 is 0 Å². The van der Waals surface area contributed by atoms with Crippen molar-refractivity contribution in [2.75, 3.05) is 13.1 Å². The monoisotopic (exact) mass is 237 g/mol. The summed E-state index contributed by atoms with van der Waals surface area (Å²) in [5.41, 5.74) is 2.88. The summed E-state index contributed by atoms with van der Waals surface area (Å²) in [7, 11) is 0. The third-order valence-electron chi connectivity index (χ3n) is 3.89. The molecule has 18 heavy (non-hydrogen) atoms. The van der Waals surface area contributed by atoms with E-state index in [9.17, 15) is 0 Å². The molecule has 3 rings (SSSR count). The van der Waals surface area contributed by atoms with Gasteiger partial charge in [0.15, 0.2) is 0 Å². The summed E-state index contributed by atoms with van der Waals surface area (Å²) in [6.07, 6.45) is 1.27. The highest BCUT2D eigenvalue weighted by Gasteiger charge is 2.27. The molecule has 0 saturated carbocycles. The Morgan fingerprint density at radius 2 is 1.39 bits per heavy atom. The van der Waals surface area contributed by atoms with Gasteiger partial charge in [0.2, 0.25) is 0 Å². The Hall–Kier alpha value is -1.60. The van der Waals surface area contributed by atoms with Gasteiger partial charge in [0.05, 0.1) is 0 Å². The minimum atomic E-state index is 0.530. The van der Waals surface area contributed by atoms with E-state index in [0.717, 1.165) is 19.0 Å². The van der Waals surface area contributed by atoms with E-state index < -0.39 is 0 Å². The van der Waals surface area contributed by atoms with Gasteiger partial charge in [0, 0.05) is 5.92 Å². The highest BCUT2D eigenvalue weighted by atomic mass is 14.9. The molecule has 1 N–H and O–H groups in total. The molecule has 1 heteroatoms. The first-order valence-corrected chi connectivity index (χ1v) is 6.76. The lowest BCUT2D eigenvalue weighted by molar-refractivity contribution is 0.512. The van der Waals surface area contributed by atoms with Gasteiger partial charge in [-0.15, -0.1) is 0 Å². The number of nitrogens with one attached hydrogen (secondary N) is 1. The molecule has 1 unspecified atom stereocenters. The molecule has 1 aliphatic heterocycles. The van der Waals surface area contributed by atoms with Crippen molar-refractivity contribution in [2.45, 2.75) is 12.3 Å². The normalized spacial score (nSPS) is 19.3. The Labute approximate surface area is 109 Å². The molecule has 1 atom stereocenters. The van der Waals surface area contributed by atoms with Crippen molar-refractivity contribution in [2.24, 2.45) is 5.92 Å². The summed E-state index contributed by atoms with van der Waals surface area (Å²) in [6.45, 7) is 2.29. The lowest BCUT2D eigenvalue weighted by Gasteiger charge is -2.24. The highest BCUT2D eigenvalue weighted by Crippen LogP contribution is 2.34. The molecule has 1 fully saturated rings. The van der Waals surface area contributed by atoms with E-state index >= 15 is 0 Å². The van der Waals surface area contributed by atoms with Crippen LogP contribution in [0.3, 0.4) is 0 Å². The van der Waals surface area contributed by atoms with Crippen LogP contribution in [-0.2, 0) is 0 Å². The van der Waals surface area contributed by atoms with Crippen LogP contribution in [0.25, 0.3) is 0 Å². The van der Waals surface area contributed by atoms with Crippen LogP contribution in [0, 0.1) is 5.92 Å². The maximum Gasteiger partial charge on any atom is 0.0130 e. The molecule has 92 valence electrons. The van der Waals surface area contributed by atoms with Crippen LogP contribution in [0.1, 0.15) is 23.5 Å². The Balaban J connectivity index is 1.98. The molecule has 2 aromatic rings. The van der Waals surface area contributed by atoms with Crippen molar-refractivity contribution >= 4 is 0 Å². The van der Waals surface area contributed by atoms with E-state index in [4.69, 9.17) is 0 Å². The number of hydrogen-bond acceptors (Lipinski definition) is 1. The van der Waals surface area contributed by atoms with Crippen molar-refractivity contribution in [1.29, 1.82) is 0 Å². The van der Waals surface area contributed by atoms with Crippen LogP contribution in [0.2, 0.25) is 0 Å². The van der Waals surface area contributed by atoms with Crippen LogP contribution in [0.15, 0.2) is 60.7 Å². The molecule has 1 aliphatic rings. The average Bonchev–Trinajstić information content (AvgIpc) is 2.95. The van der Waals surface area contributed by atoms with E-state index in [0.29, 0.717) is 5.92 Å². The summed E-state index contributed by atoms with van der Waals surface area (Å²) >= 11 is 0. The van der Waals surface area contributed by atoms with Gasteiger partial charge in [-0.3, -0.25) is 0 Å². The van der Waals surface area contributed by atoms with Gasteiger partial charge in [-0.2, -0.15) is 0 Å². The second-order valence-electron chi connectivity index (χ2n) is 5.05. The van der Waals surface area contributed by atoms with Crippen LogP contribution in [-0.4, -0.2) is 13.1 Å². The lowest BCUT2D eigenvalue weighted by atomic mass is 9.80.